The van der Waals surface area contributed by atoms with Gasteiger partial charge < -0.3 is 15.0 Å². The van der Waals surface area contributed by atoms with Gasteiger partial charge in [-0.3, -0.25) is 0 Å². The van der Waals surface area contributed by atoms with Crippen molar-refractivity contribution in [3.8, 4) is 17.0 Å². The van der Waals surface area contributed by atoms with E-state index in [-0.39, 0.29) is 27.9 Å². The Morgan fingerprint density at radius 3 is 2.81 bits per heavy atom. The van der Waals surface area contributed by atoms with E-state index in [9.17, 15) is 4.39 Å². The van der Waals surface area contributed by atoms with Crippen molar-refractivity contribution in [2.45, 2.75) is 0 Å². The number of methoxy groups -OCH3 is 1. The first-order valence-electron chi connectivity index (χ1n) is 4.38. The quantitative estimate of drug-likeness (QED) is 0.880. The molecule has 0 fully saturated rings. The van der Waals surface area contributed by atoms with Crippen LogP contribution in [0.2, 0.25) is 5.02 Å². The van der Waals surface area contributed by atoms with Crippen molar-refractivity contribution in [3.63, 3.8) is 0 Å². The van der Waals surface area contributed by atoms with Crippen LogP contribution in [0.5, 0.6) is 5.75 Å². The first-order valence-corrected chi connectivity index (χ1v) is 4.76. The largest absolute Gasteiger partial charge is 0.494 e. The molecule has 6 heteroatoms. The van der Waals surface area contributed by atoms with Crippen LogP contribution in [0.25, 0.3) is 11.3 Å². The third kappa shape index (κ3) is 1.69. The topological polar surface area (TPSA) is 61.3 Å². The first-order chi connectivity index (χ1) is 7.63. The van der Waals surface area contributed by atoms with E-state index in [1.165, 1.54) is 25.3 Å². The highest BCUT2D eigenvalue weighted by atomic mass is 35.5. The van der Waals surface area contributed by atoms with Gasteiger partial charge >= 0.3 is 0 Å². The van der Waals surface area contributed by atoms with E-state index in [1.807, 2.05) is 0 Å². The fraction of sp³-hybridized carbons (Fsp3) is 0.100. The molecule has 0 saturated heterocycles. The van der Waals surface area contributed by atoms with Crippen LogP contribution in [0.3, 0.4) is 0 Å². The number of benzene rings is 1. The number of aromatic nitrogens is 1. The molecule has 0 unspecified atom stereocenters. The van der Waals surface area contributed by atoms with E-state index < -0.39 is 5.82 Å². The average Bonchev–Trinajstić information content (AvgIpc) is 2.65. The number of rotatable bonds is 2. The molecule has 0 saturated carbocycles. The molecule has 0 aliphatic heterocycles. The minimum Gasteiger partial charge on any atom is -0.494 e. The smallest absolute Gasteiger partial charge is 0.222 e. The molecule has 0 aliphatic rings. The molecule has 84 valence electrons. The predicted molar refractivity (Wildman–Crippen MR) is 57.9 cm³/mol. The van der Waals surface area contributed by atoms with Crippen LogP contribution in [-0.4, -0.2) is 12.3 Å². The molecule has 0 radical (unpaired) electrons. The summed E-state index contributed by atoms with van der Waals surface area (Å²) in [5.74, 6) is -0.419. The summed E-state index contributed by atoms with van der Waals surface area (Å²) in [6, 6.07) is 4.35. The predicted octanol–water partition coefficient (Wildman–Crippen LogP) is 2.72. The van der Waals surface area contributed by atoms with Crippen LogP contribution < -0.4 is 10.5 Å². The highest BCUT2D eigenvalue weighted by Crippen LogP contribution is 2.35. The molecule has 2 N–H and O–H groups in total. The van der Waals surface area contributed by atoms with Crippen LogP contribution in [0.4, 0.5) is 10.3 Å². The average molecular weight is 243 g/mol. The molecular weight excluding hydrogens is 235 g/mol. The maximum absolute atomic E-state index is 13.9. The van der Waals surface area contributed by atoms with Gasteiger partial charge in [0.15, 0.2) is 11.6 Å². The Morgan fingerprint density at radius 2 is 2.25 bits per heavy atom. The van der Waals surface area contributed by atoms with Crippen molar-refractivity contribution in [2.24, 2.45) is 0 Å². The summed E-state index contributed by atoms with van der Waals surface area (Å²) in [4.78, 5) is 0. The SMILES string of the molecule is COc1ccc(Cl)c(-c2cc(N)on2)c1F. The summed E-state index contributed by atoms with van der Waals surface area (Å²) >= 11 is 5.88. The van der Waals surface area contributed by atoms with Gasteiger partial charge in [0.05, 0.1) is 17.7 Å². The van der Waals surface area contributed by atoms with E-state index in [1.54, 1.807) is 0 Å². The Bertz CT molecular complexity index is 528. The van der Waals surface area contributed by atoms with E-state index in [2.05, 4.69) is 9.68 Å². The van der Waals surface area contributed by atoms with Crippen molar-refractivity contribution < 1.29 is 13.7 Å². The minimum absolute atomic E-state index is 0.0842. The summed E-state index contributed by atoms with van der Waals surface area (Å²) in [6.07, 6.45) is 0. The molecule has 2 aromatic rings. The zero-order valence-corrected chi connectivity index (χ0v) is 9.08. The molecule has 0 bridgehead atoms. The highest BCUT2D eigenvalue weighted by molar-refractivity contribution is 6.33. The number of hydrogen-bond donors (Lipinski definition) is 1. The van der Waals surface area contributed by atoms with E-state index in [0.29, 0.717) is 0 Å². The first kappa shape index (κ1) is 10.8. The molecule has 2 rings (SSSR count). The number of nitrogen functional groups attached to an aromatic ring is 1. The minimum atomic E-state index is -0.594. The van der Waals surface area contributed by atoms with Gasteiger partial charge in [-0.15, -0.1) is 0 Å². The summed E-state index contributed by atoms with van der Waals surface area (Å²) in [5.41, 5.74) is 5.71. The van der Waals surface area contributed by atoms with Gasteiger partial charge in [-0.25, -0.2) is 4.39 Å². The van der Waals surface area contributed by atoms with Crippen molar-refractivity contribution in [2.75, 3.05) is 12.8 Å². The molecule has 0 aliphatic carbocycles. The maximum Gasteiger partial charge on any atom is 0.222 e. The number of anilines is 1. The fourth-order valence-electron chi connectivity index (χ4n) is 1.33. The molecular formula is C10H8ClFN2O2. The van der Waals surface area contributed by atoms with Crippen molar-refractivity contribution >= 4 is 17.5 Å². The Hall–Kier alpha value is -1.75. The van der Waals surface area contributed by atoms with Gasteiger partial charge in [0.2, 0.25) is 5.88 Å². The highest BCUT2D eigenvalue weighted by Gasteiger charge is 2.17. The zero-order valence-electron chi connectivity index (χ0n) is 8.33. The van der Waals surface area contributed by atoms with Crippen molar-refractivity contribution in [1.29, 1.82) is 0 Å². The van der Waals surface area contributed by atoms with Crippen LogP contribution in [-0.2, 0) is 0 Å². The van der Waals surface area contributed by atoms with E-state index in [0.717, 1.165) is 0 Å². The molecule has 0 spiro atoms. The maximum atomic E-state index is 13.9. The van der Waals surface area contributed by atoms with Crippen molar-refractivity contribution in [3.05, 3.63) is 29.0 Å². The number of nitrogens with zero attached hydrogens (tertiary/aromatic N) is 1. The molecule has 4 nitrogen and oxygen atoms in total. The normalized spacial score (nSPS) is 10.4. The molecule has 0 amide bonds. The second-order valence-corrected chi connectivity index (χ2v) is 3.46. The third-order valence-electron chi connectivity index (χ3n) is 2.06. The lowest BCUT2D eigenvalue weighted by Gasteiger charge is -2.06. The molecule has 0 atom stereocenters. The van der Waals surface area contributed by atoms with Gasteiger partial charge in [-0.1, -0.05) is 16.8 Å². The summed E-state index contributed by atoms with van der Waals surface area (Å²) in [7, 11) is 1.37. The standard InChI is InChI=1S/C10H8ClFN2O2/c1-15-7-3-2-5(11)9(10(7)12)6-4-8(13)16-14-6/h2-4H,13H2,1H3. The lowest BCUT2D eigenvalue weighted by molar-refractivity contribution is 0.387. The summed E-state index contributed by atoms with van der Waals surface area (Å²) < 4.78 is 23.4. The lowest BCUT2D eigenvalue weighted by atomic mass is 10.1. The van der Waals surface area contributed by atoms with E-state index >= 15 is 0 Å². The van der Waals surface area contributed by atoms with Crippen LogP contribution in [0, 0.1) is 5.82 Å². The fourth-order valence-corrected chi connectivity index (χ4v) is 1.58. The molecule has 1 aromatic carbocycles. The van der Waals surface area contributed by atoms with Gasteiger partial charge in [0.1, 0.15) is 5.69 Å². The van der Waals surface area contributed by atoms with Gasteiger partial charge in [0.25, 0.3) is 0 Å². The number of ether oxygens (including phenoxy) is 1. The van der Waals surface area contributed by atoms with Crippen LogP contribution >= 0.6 is 11.6 Å². The van der Waals surface area contributed by atoms with Crippen LogP contribution in [0.1, 0.15) is 0 Å². The summed E-state index contributed by atoms with van der Waals surface area (Å²) in [6.45, 7) is 0. The Kier molecular flexibility index (Phi) is 2.70. The molecule has 1 heterocycles. The molecule has 16 heavy (non-hydrogen) atoms. The zero-order chi connectivity index (χ0) is 11.7. The monoisotopic (exact) mass is 242 g/mol. The van der Waals surface area contributed by atoms with Crippen LogP contribution in [0.15, 0.2) is 22.7 Å². The van der Waals surface area contributed by atoms with Crippen molar-refractivity contribution in [1.82, 2.24) is 5.16 Å². The molecule has 1 aromatic heterocycles. The number of hydrogen-bond acceptors (Lipinski definition) is 4. The number of nitrogens with two attached hydrogens (primary N) is 1. The second kappa shape index (κ2) is 4.02. The lowest BCUT2D eigenvalue weighted by Crippen LogP contribution is -1.92. The Balaban J connectivity index is 2.63. The number of halogens is 2. The Morgan fingerprint density at radius 1 is 1.50 bits per heavy atom. The van der Waals surface area contributed by atoms with E-state index in [4.69, 9.17) is 22.1 Å². The van der Waals surface area contributed by atoms with Gasteiger partial charge in [-0.05, 0) is 12.1 Å². The summed E-state index contributed by atoms with van der Waals surface area (Å²) in [5, 5.41) is 3.82. The third-order valence-corrected chi connectivity index (χ3v) is 2.38. The second-order valence-electron chi connectivity index (χ2n) is 3.05. The van der Waals surface area contributed by atoms with Gasteiger partial charge in [0, 0.05) is 6.07 Å². The van der Waals surface area contributed by atoms with Gasteiger partial charge in [-0.2, -0.15) is 0 Å². The Labute approximate surface area is 95.7 Å².